The summed E-state index contributed by atoms with van der Waals surface area (Å²) in [4.78, 5) is 11.5. The normalized spacial score (nSPS) is 12.3. The molecule has 0 spiro atoms. The van der Waals surface area contributed by atoms with E-state index in [-0.39, 0.29) is 11.6 Å². The van der Waals surface area contributed by atoms with Crippen molar-refractivity contribution in [2.75, 3.05) is 0 Å². The highest BCUT2D eigenvalue weighted by Gasteiger charge is 2.06. The predicted octanol–water partition coefficient (Wildman–Crippen LogP) is 1.55. The van der Waals surface area contributed by atoms with Crippen LogP contribution in [-0.4, -0.2) is 4.57 Å². The monoisotopic (exact) mass is 214 g/mol. The third kappa shape index (κ3) is 2.38. The number of benzene rings is 1. The first kappa shape index (κ1) is 10.6. The van der Waals surface area contributed by atoms with Gasteiger partial charge in [-0.2, -0.15) is 0 Å². The fourth-order valence-electron chi connectivity index (χ4n) is 1.63. The predicted molar refractivity (Wildman–Crippen MR) is 64.1 cm³/mol. The average Bonchev–Trinajstić information content (AvgIpc) is 2.33. The summed E-state index contributed by atoms with van der Waals surface area (Å²) in [5, 5.41) is 0. The molecular formula is C13H14N2O. The van der Waals surface area contributed by atoms with Gasteiger partial charge in [-0.05, 0) is 11.6 Å². The van der Waals surface area contributed by atoms with E-state index < -0.39 is 0 Å². The van der Waals surface area contributed by atoms with Crippen LogP contribution in [0, 0.1) is 0 Å². The number of nitrogens with zero attached hydrogens (tertiary/aromatic N) is 1. The second-order valence-electron chi connectivity index (χ2n) is 3.71. The van der Waals surface area contributed by atoms with Crippen molar-refractivity contribution in [1.29, 1.82) is 0 Å². The molecule has 0 aliphatic carbocycles. The summed E-state index contributed by atoms with van der Waals surface area (Å²) in [5.74, 6) is 0. The second-order valence-corrected chi connectivity index (χ2v) is 3.71. The van der Waals surface area contributed by atoms with Crippen molar-refractivity contribution >= 4 is 0 Å². The van der Waals surface area contributed by atoms with Crippen LogP contribution in [0.5, 0.6) is 0 Å². The quantitative estimate of drug-likeness (QED) is 0.842. The maximum absolute atomic E-state index is 11.5. The fraction of sp³-hybridized carbons (Fsp3) is 0.154. The van der Waals surface area contributed by atoms with Crippen LogP contribution in [0.3, 0.4) is 0 Å². The van der Waals surface area contributed by atoms with Crippen LogP contribution in [0.4, 0.5) is 0 Å². The molecule has 2 aromatic rings. The smallest absolute Gasteiger partial charge is 0.250 e. The van der Waals surface area contributed by atoms with Gasteiger partial charge >= 0.3 is 0 Å². The summed E-state index contributed by atoms with van der Waals surface area (Å²) in [5.41, 5.74) is 7.06. The lowest BCUT2D eigenvalue weighted by atomic mass is 10.1. The van der Waals surface area contributed by atoms with Gasteiger partial charge in [-0.25, -0.2) is 0 Å². The molecule has 2 N–H and O–H groups in total. The molecule has 2 rings (SSSR count). The Balaban J connectivity index is 2.17. The van der Waals surface area contributed by atoms with Gasteiger partial charge in [0.25, 0.3) is 5.56 Å². The molecule has 0 saturated carbocycles. The van der Waals surface area contributed by atoms with Crippen LogP contribution >= 0.6 is 0 Å². The van der Waals surface area contributed by atoms with Crippen LogP contribution in [0.2, 0.25) is 0 Å². The minimum atomic E-state index is -0.152. The molecule has 3 heteroatoms. The Kier molecular flexibility index (Phi) is 3.17. The van der Waals surface area contributed by atoms with Crippen molar-refractivity contribution in [3.05, 3.63) is 70.6 Å². The van der Waals surface area contributed by atoms with Crippen LogP contribution in [0.15, 0.2) is 59.5 Å². The maximum Gasteiger partial charge on any atom is 0.250 e. The van der Waals surface area contributed by atoms with Crippen LogP contribution in [0.25, 0.3) is 0 Å². The topological polar surface area (TPSA) is 48.0 Å². The number of pyridine rings is 1. The third-order valence-electron chi connectivity index (χ3n) is 2.52. The SMILES string of the molecule is N[C@H](Cn1ccccc1=O)c1ccccc1. The van der Waals surface area contributed by atoms with Crippen molar-refractivity contribution in [2.24, 2.45) is 5.73 Å². The average molecular weight is 214 g/mol. The van der Waals surface area contributed by atoms with E-state index in [1.54, 1.807) is 16.8 Å². The van der Waals surface area contributed by atoms with Crippen molar-refractivity contribution in [3.63, 3.8) is 0 Å². The molecule has 0 radical (unpaired) electrons. The summed E-state index contributed by atoms with van der Waals surface area (Å²) in [6, 6.07) is 14.7. The molecule has 1 aromatic heterocycles. The first-order valence-corrected chi connectivity index (χ1v) is 5.23. The van der Waals surface area contributed by atoms with Crippen LogP contribution in [0.1, 0.15) is 11.6 Å². The van der Waals surface area contributed by atoms with Gasteiger partial charge in [-0.1, -0.05) is 36.4 Å². The molecule has 0 aliphatic rings. The van der Waals surface area contributed by atoms with Crippen molar-refractivity contribution in [1.82, 2.24) is 4.57 Å². The van der Waals surface area contributed by atoms with Crippen molar-refractivity contribution in [3.8, 4) is 0 Å². The zero-order chi connectivity index (χ0) is 11.4. The van der Waals surface area contributed by atoms with Gasteiger partial charge in [0, 0.05) is 24.8 Å². The molecule has 1 aromatic carbocycles. The standard InChI is InChI=1S/C13H14N2O/c14-12(11-6-2-1-3-7-11)10-15-9-5-4-8-13(15)16/h1-9,12H,10,14H2/t12-/m1/s1. The Morgan fingerprint density at radius 1 is 1.06 bits per heavy atom. The minimum absolute atomic E-state index is 0.0196. The lowest BCUT2D eigenvalue weighted by Gasteiger charge is -2.13. The summed E-state index contributed by atoms with van der Waals surface area (Å²) in [7, 11) is 0. The van der Waals surface area contributed by atoms with Gasteiger partial charge < -0.3 is 10.3 Å². The number of aromatic nitrogens is 1. The molecule has 0 aliphatic heterocycles. The van der Waals surface area contributed by atoms with E-state index >= 15 is 0 Å². The molecular weight excluding hydrogens is 200 g/mol. The summed E-state index contributed by atoms with van der Waals surface area (Å²) in [6.07, 6.45) is 1.76. The molecule has 1 heterocycles. The van der Waals surface area contributed by atoms with Gasteiger partial charge in [0.1, 0.15) is 0 Å². The fourth-order valence-corrected chi connectivity index (χ4v) is 1.63. The Labute approximate surface area is 94.1 Å². The Hall–Kier alpha value is -1.87. The lowest BCUT2D eigenvalue weighted by molar-refractivity contribution is 0.562. The zero-order valence-corrected chi connectivity index (χ0v) is 8.91. The molecule has 1 atom stereocenters. The summed E-state index contributed by atoms with van der Waals surface area (Å²) < 4.78 is 1.62. The molecule has 0 bridgehead atoms. The van der Waals surface area contributed by atoms with Gasteiger partial charge in [-0.15, -0.1) is 0 Å². The Bertz CT molecular complexity index is 505. The number of hydrogen-bond acceptors (Lipinski definition) is 2. The van der Waals surface area contributed by atoms with E-state index in [9.17, 15) is 4.79 Å². The molecule has 0 amide bonds. The zero-order valence-electron chi connectivity index (χ0n) is 8.91. The number of nitrogens with two attached hydrogens (primary N) is 1. The first-order chi connectivity index (χ1) is 7.77. The van der Waals surface area contributed by atoms with E-state index in [4.69, 9.17) is 5.73 Å². The molecule has 0 unspecified atom stereocenters. The van der Waals surface area contributed by atoms with E-state index in [1.165, 1.54) is 6.07 Å². The molecule has 3 nitrogen and oxygen atoms in total. The highest BCUT2D eigenvalue weighted by atomic mass is 16.1. The van der Waals surface area contributed by atoms with Crippen molar-refractivity contribution < 1.29 is 0 Å². The maximum atomic E-state index is 11.5. The Morgan fingerprint density at radius 2 is 1.75 bits per heavy atom. The summed E-state index contributed by atoms with van der Waals surface area (Å²) in [6.45, 7) is 0.504. The van der Waals surface area contributed by atoms with Gasteiger partial charge in [0.2, 0.25) is 0 Å². The molecule has 0 fully saturated rings. The van der Waals surface area contributed by atoms with Crippen LogP contribution < -0.4 is 11.3 Å². The van der Waals surface area contributed by atoms with Gasteiger partial charge in [0.15, 0.2) is 0 Å². The molecule has 16 heavy (non-hydrogen) atoms. The van der Waals surface area contributed by atoms with E-state index in [0.29, 0.717) is 6.54 Å². The minimum Gasteiger partial charge on any atom is -0.322 e. The Morgan fingerprint density at radius 3 is 2.44 bits per heavy atom. The van der Waals surface area contributed by atoms with Gasteiger partial charge in [0.05, 0.1) is 0 Å². The third-order valence-corrected chi connectivity index (χ3v) is 2.52. The van der Waals surface area contributed by atoms with E-state index in [2.05, 4.69) is 0 Å². The van der Waals surface area contributed by atoms with Crippen LogP contribution in [-0.2, 0) is 6.54 Å². The second kappa shape index (κ2) is 4.77. The molecule has 0 saturated heterocycles. The number of hydrogen-bond donors (Lipinski definition) is 1. The lowest BCUT2D eigenvalue weighted by Crippen LogP contribution is -2.25. The highest BCUT2D eigenvalue weighted by Crippen LogP contribution is 2.10. The first-order valence-electron chi connectivity index (χ1n) is 5.23. The van der Waals surface area contributed by atoms with Gasteiger partial charge in [-0.3, -0.25) is 4.79 Å². The largest absolute Gasteiger partial charge is 0.322 e. The molecule has 82 valence electrons. The summed E-state index contributed by atoms with van der Waals surface area (Å²) >= 11 is 0. The van der Waals surface area contributed by atoms with E-state index in [0.717, 1.165) is 5.56 Å². The highest BCUT2D eigenvalue weighted by molar-refractivity contribution is 5.18. The number of rotatable bonds is 3. The van der Waals surface area contributed by atoms with E-state index in [1.807, 2.05) is 36.4 Å². The van der Waals surface area contributed by atoms with Crippen molar-refractivity contribution in [2.45, 2.75) is 12.6 Å².